The van der Waals surface area contributed by atoms with E-state index in [0.29, 0.717) is 22.5 Å². The number of hydrogen-bond donors (Lipinski definition) is 3. The van der Waals surface area contributed by atoms with Crippen LogP contribution in [0.3, 0.4) is 0 Å². The third kappa shape index (κ3) is 4.86. The molecule has 0 aliphatic carbocycles. The number of nitrogens with one attached hydrogen (secondary N) is 2. The van der Waals surface area contributed by atoms with Crippen LogP contribution in [0.5, 0.6) is 5.75 Å². The molecule has 1 heterocycles. The van der Waals surface area contributed by atoms with Crippen LogP contribution in [0.2, 0.25) is 0 Å². The summed E-state index contributed by atoms with van der Waals surface area (Å²) in [6.07, 6.45) is 1.16. The second-order valence-corrected chi connectivity index (χ2v) is 10.2. The fourth-order valence-electron chi connectivity index (χ4n) is 3.33. The SMILES string of the molecule is CC1(C)Oc2cc(NS(C)(=O)=O)c(Br)cc2[C@H](NCCc2ccccc2)[C@H]1O. The van der Waals surface area contributed by atoms with Crippen molar-refractivity contribution in [2.75, 3.05) is 17.5 Å². The van der Waals surface area contributed by atoms with E-state index in [9.17, 15) is 13.5 Å². The summed E-state index contributed by atoms with van der Waals surface area (Å²) in [6, 6.07) is 13.2. The third-order valence-electron chi connectivity index (χ3n) is 4.75. The summed E-state index contributed by atoms with van der Waals surface area (Å²) in [5.41, 5.74) is 1.57. The van der Waals surface area contributed by atoms with Gasteiger partial charge in [0.1, 0.15) is 17.5 Å². The van der Waals surface area contributed by atoms with Gasteiger partial charge >= 0.3 is 0 Å². The van der Waals surface area contributed by atoms with E-state index >= 15 is 0 Å². The zero-order valence-corrected chi connectivity index (χ0v) is 18.5. The largest absolute Gasteiger partial charge is 0.485 e. The van der Waals surface area contributed by atoms with Crippen molar-refractivity contribution in [1.82, 2.24) is 5.32 Å². The van der Waals surface area contributed by atoms with Crippen LogP contribution < -0.4 is 14.8 Å². The number of sulfonamides is 1. The van der Waals surface area contributed by atoms with Crippen molar-refractivity contribution in [3.63, 3.8) is 0 Å². The maximum absolute atomic E-state index is 11.6. The molecule has 3 rings (SSSR count). The maximum Gasteiger partial charge on any atom is 0.229 e. The van der Waals surface area contributed by atoms with Gasteiger partial charge in [0.05, 0.1) is 18.0 Å². The molecule has 6 nitrogen and oxygen atoms in total. The lowest BCUT2D eigenvalue weighted by Crippen LogP contribution is -2.52. The smallest absolute Gasteiger partial charge is 0.229 e. The molecule has 0 amide bonds. The number of hydrogen-bond acceptors (Lipinski definition) is 5. The highest BCUT2D eigenvalue weighted by atomic mass is 79.9. The number of aliphatic hydroxyl groups is 1. The van der Waals surface area contributed by atoms with Crippen LogP contribution in [0.4, 0.5) is 5.69 Å². The molecule has 0 spiro atoms. The normalized spacial score (nSPS) is 20.9. The van der Waals surface area contributed by atoms with Gasteiger partial charge in [-0.25, -0.2) is 8.42 Å². The molecule has 2 aromatic rings. The van der Waals surface area contributed by atoms with Crippen LogP contribution in [0, 0.1) is 0 Å². The number of ether oxygens (including phenoxy) is 1. The van der Waals surface area contributed by atoms with E-state index in [4.69, 9.17) is 4.74 Å². The second-order valence-electron chi connectivity index (χ2n) is 7.56. The monoisotopic (exact) mass is 468 g/mol. The predicted octanol–water partition coefficient (Wildman–Crippen LogP) is 3.23. The highest BCUT2D eigenvalue weighted by Gasteiger charge is 2.43. The van der Waals surface area contributed by atoms with Gasteiger partial charge in [-0.3, -0.25) is 4.72 Å². The average molecular weight is 469 g/mol. The summed E-state index contributed by atoms with van der Waals surface area (Å²) in [4.78, 5) is 0. The lowest BCUT2D eigenvalue weighted by atomic mass is 9.86. The van der Waals surface area contributed by atoms with E-state index < -0.39 is 21.7 Å². The zero-order valence-electron chi connectivity index (χ0n) is 16.1. The minimum atomic E-state index is -3.42. The van der Waals surface area contributed by atoms with Crippen molar-refractivity contribution in [2.45, 2.75) is 38.0 Å². The Morgan fingerprint density at radius 3 is 2.54 bits per heavy atom. The molecule has 2 atom stereocenters. The van der Waals surface area contributed by atoms with Gasteiger partial charge in [0, 0.05) is 16.1 Å². The molecule has 3 N–H and O–H groups in total. The van der Waals surface area contributed by atoms with E-state index in [-0.39, 0.29) is 6.04 Å². The van der Waals surface area contributed by atoms with Crippen molar-refractivity contribution in [1.29, 1.82) is 0 Å². The van der Waals surface area contributed by atoms with E-state index in [1.165, 1.54) is 5.56 Å². The zero-order chi connectivity index (χ0) is 20.5. The fourth-order valence-corrected chi connectivity index (χ4v) is 4.49. The molecule has 2 aromatic carbocycles. The summed E-state index contributed by atoms with van der Waals surface area (Å²) >= 11 is 3.42. The average Bonchev–Trinajstić information content (AvgIpc) is 2.59. The van der Waals surface area contributed by atoms with Crippen LogP contribution in [0.15, 0.2) is 46.9 Å². The van der Waals surface area contributed by atoms with Gasteiger partial charge in [-0.1, -0.05) is 30.3 Å². The second kappa shape index (κ2) is 8.02. The summed E-state index contributed by atoms with van der Waals surface area (Å²) in [5, 5.41) is 14.3. The molecule has 0 aromatic heterocycles. The van der Waals surface area contributed by atoms with Crippen LogP contribution in [-0.4, -0.2) is 38.0 Å². The summed E-state index contributed by atoms with van der Waals surface area (Å²) in [7, 11) is -3.42. The Bertz CT molecular complexity index is 948. The summed E-state index contributed by atoms with van der Waals surface area (Å²) in [5.74, 6) is 0.543. The molecule has 1 aliphatic heterocycles. The van der Waals surface area contributed by atoms with E-state index in [1.54, 1.807) is 12.1 Å². The minimum Gasteiger partial charge on any atom is -0.485 e. The third-order valence-corrected chi connectivity index (χ3v) is 6.00. The molecule has 0 fully saturated rings. The Balaban J connectivity index is 1.87. The van der Waals surface area contributed by atoms with Gasteiger partial charge in [0.2, 0.25) is 10.0 Å². The van der Waals surface area contributed by atoms with Gasteiger partial charge in [0.15, 0.2) is 0 Å². The summed E-state index contributed by atoms with van der Waals surface area (Å²) < 4.78 is 32.3. The first-order valence-electron chi connectivity index (χ1n) is 9.02. The van der Waals surface area contributed by atoms with Gasteiger partial charge in [-0.05, 0) is 54.4 Å². The molecule has 8 heteroatoms. The van der Waals surface area contributed by atoms with Crippen molar-refractivity contribution in [3.8, 4) is 5.75 Å². The molecule has 0 saturated heterocycles. The van der Waals surface area contributed by atoms with Crippen molar-refractivity contribution < 1.29 is 18.3 Å². The number of benzene rings is 2. The van der Waals surface area contributed by atoms with E-state index in [0.717, 1.165) is 18.2 Å². The molecular formula is C20H25BrN2O4S. The van der Waals surface area contributed by atoms with Gasteiger partial charge in [0.25, 0.3) is 0 Å². The molecule has 152 valence electrons. The molecular weight excluding hydrogens is 444 g/mol. The van der Waals surface area contributed by atoms with E-state index in [2.05, 4.69) is 38.1 Å². The van der Waals surface area contributed by atoms with Crippen LogP contribution in [-0.2, 0) is 16.4 Å². The van der Waals surface area contributed by atoms with Gasteiger partial charge in [-0.2, -0.15) is 0 Å². The first-order chi connectivity index (χ1) is 13.1. The fraction of sp³-hybridized carbons (Fsp3) is 0.400. The molecule has 1 aliphatic rings. The highest BCUT2D eigenvalue weighted by molar-refractivity contribution is 9.10. The van der Waals surface area contributed by atoms with E-state index in [1.807, 2.05) is 32.0 Å². The standard InChI is InChI=1S/C20H25BrN2O4S/c1-20(2)19(24)18(22-10-9-13-7-5-4-6-8-13)14-11-15(21)16(12-17(14)27-20)23-28(3,25)26/h4-8,11-12,18-19,22-24H,9-10H2,1-3H3/t18-,19+/m0/s1. The Labute approximate surface area is 174 Å². The number of anilines is 1. The Morgan fingerprint density at radius 2 is 1.89 bits per heavy atom. The number of fused-ring (bicyclic) bond motifs is 1. The van der Waals surface area contributed by atoms with Gasteiger partial charge in [-0.15, -0.1) is 0 Å². The highest BCUT2D eigenvalue weighted by Crippen LogP contribution is 2.43. The predicted molar refractivity (Wildman–Crippen MR) is 114 cm³/mol. The maximum atomic E-state index is 11.6. The Hall–Kier alpha value is -1.61. The molecule has 0 saturated carbocycles. The van der Waals surface area contributed by atoms with Crippen molar-refractivity contribution in [3.05, 3.63) is 58.1 Å². The minimum absolute atomic E-state index is 0.342. The lowest BCUT2D eigenvalue weighted by Gasteiger charge is -2.42. The van der Waals surface area contributed by atoms with Gasteiger partial charge < -0.3 is 15.2 Å². The lowest BCUT2D eigenvalue weighted by molar-refractivity contribution is -0.0643. The number of rotatable bonds is 6. The van der Waals surface area contributed by atoms with Crippen molar-refractivity contribution in [2.24, 2.45) is 0 Å². The topological polar surface area (TPSA) is 87.7 Å². The van der Waals surface area contributed by atoms with Crippen LogP contribution >= 0.6 is 15.9 Å². The van der Waals surface area contributed by atoms with Crippen LogP contribution in [0.25, 0.3) is 0 Å². The number of halogens is 1. The molecule has 0 unspecified atom stereocenters. The first-order valence-corrected chi connectivity index (χ1v) is 11.7. The summed E-state index contributed by atoms with van der Waals surface area (Å²) in [6.45, 7) is 4.32. The van der Waals surface area contributed by atoms with Crippen LogP contribution in [0.1, 0.15) is 31.0 Å². The Morgan fingerprint density at radius 1 is 1.21 bits per heavy atom. The first kappa shape index (κ1) is 21.1. The Kier molecular flexibility index (Phi) is 6.05. The quantitative estimate of drug-likeness (QED) is 0.605. The molecule has 28 heavy (non-hydrogen) atoms. The van der Waals surface area contributed by atoms with Crippen molar-refractivity contribution >= 4 is 31.6 Å². The molecule has 0 radical (unpaired) electrons. The molecule has 0 bridgehead atoms. The number of aliphatic hydroxyl groups excluding tert-OH is 1.